The minimum absolute atomic E-state index is 0.0378. The molecule has 0 aromatic carbocycles. The Bertz CT molecular complexity index is 182. The van der Waals surface area contributed by atoms with Crippen LogP contribution in [0.5, 0.6) is 0 Å². The number of thioether (sulfide) groups is 1. The first-order chi connectivity index (χ1) is 7.36. The third kappa shape index (κ3) is 3.65. The molecular weight excluding hydrogens is 206 g/mol. The smallest absolute Gasteiger partial charge is 0.0580 e. The van der Waals surface area contributed by atoms with Crippen molar-refractivity contribution in [3.05, 3.63) is 0 Å². The van der Waals surface area contributed by atoms with E-state index in [0.717, 1.165) is 25.4 Å². The highest BCUT2D eigenvalue weighted by atomic mass is 32.2. The van der Waals surface area contributed by atoms with Crippen molar-refractivity contribution in [2.75, 3.05) is 24.6 Å². The van der Waals surface area contributed by atoms with Crippen LogP contribution in [-0.4, -0.2) is 35.8 Å². The van der Waals surface area contributed by atoms with Crippen LogP contribution < -0.4 is 5.32 Å². The van der Waals surface area contributed by atoms with Crippen molar-refractivity contribution in [3.8, 4) is 0 Å². The fourth-order valence-electron chi connectivity index (χ4n) is 2.64. The van der Waals surface area contributed by atoms with Gasteiger partial charge < -0.3 is 10.4 Å². The monoisotopic (exact) mass is 229 g/mol. The number of hydrogen-bond acceptors (Lipinski definition) is 3. The largest absolute Gasteiger partial charge is 0.393 e. The number of nitrogens with one attached hydrogen (secondary N) is 1. The Labute approximate surface area is 97.2 Å². The fourth-order valence-corrected chi connectivity index (χ4v) is 3.93. The molecule has 2 aliphatic rings. The highest BCUT2D eigenvalue weighted by molar-refractivity contribution is 7.99. The molecule has 3 heteroatoms. The normalized spacial score (nSPS) is 37.0. The summed E-state index contributed by atoms with van der Waals surface area (Å²) in [6.45, 7) is 2.19. The van der Waals surface area contributed by atoms with E-state index in [1.54, 1.807) is 0 Å². The Morgan fingerprint density at radius 2 is 2.00 bits per heavy atom. The van der Waals surface area contributed by atoms with E-state index >= 15 is 0 Å². The van der Waals surface area contributed by atoms with Gasteiger partial charge in [0.1, 0.15) is 0 Å². The SMILES string of the molecule is OC1CCCCC1CNCC1CCSC1. The van der Waals surface area contributed by atoms with Gasteiger partial charge >= 0.3 is 0 Å². The molecule has 2 N–H and O–H groups in total. The van der Waals surface area contributed by atoms with E-state index < -0.39 is 0 Å². The Morgan fingerprint density at radius 1 is 1.13 bits per heavy atom. The van der Waals surface area contributed by atoms with Gasteiger partial charge in [0, 0.05) is 6.54 Å². The minimum atomic E-state index is -0.0378. The van der Waals surface area contributed by atoms with Gasteiger partial charge in [0.05, 0.1) is 6.10 Å². The maximum absolute atomic E-state index is 9.82. The Hall–Kier alpha value is 0.270. The van der Waals surface area contributed by atoms with Crippen molar-refractivity contribution in [1.82, 2.24) is 5.32 Å². The molecule has 0 amide bonds. The van der Waals surface area contributed by atoms with Crippen LogP contribution in [0, 0.1) is 11.8 Å². The molecule has 1 aliphatic heterocycles. The van der Waals surface area contributed by atoms with Crippen LogP contribution in [0.2, 0.25) is 0 Å². The number of rotatable bonds is 4. The van der Waals surface area contributed by atoms with Crippen molar-refractivity contribution in [1.29, 1.82) is 0 Å². The quantitative estimate of drug-likeness (QED) is 0.772. The van der Waals surface area contributed by atoms with Crippen LogP contribution in [0.4, 0.5) is 0 Å². The van der Waals surface area contributed by atoms with Crippen molar-refractivity contribution < 1.29 is 5.11 Å². The molecule has 88 valence electrons. The predicted molar refractivity (Wildman–Crippen MR) is 66.3 cm³/mol. The van der Waals surface area contributed by atoms with Crippen molar-refractivity contribution in [2.45, 2.75) is 38.2 Å². The predicted octanol–water partition coefficient (Wildman–Crippen LogP) is 1.88. The van der Waals surface area contributed by atoms with Gasteiger partial charge in [-0.1, -0.05) is 12.8 Å². The first-order valence-corrected chi connectivity index (χ1v) is 7.48. The zero-order chi connectivity index (χ0) is 10.5. The molecule has 2 rings (SSSR count). The number of aliphatic hydroxyl groups excluding tert-OH is 1. The lowest BCUT2D eigenvalue weighted by molar-refractivity contribution is 0.0693. The van der Waals surface area contributed by atoms with Crippen molar-refractivity contribution in [3.63, 3.8) is 0 Å². The van der Waals surface area contributed by atoms with Crippen LogP contribution >= 0.6 is 11.8 Å². The maximum Gasteiger partial charge on any atom is 0.0580 e. The lowest BCUT2D eigenvalue weighted by Gasteiger charge is -2.28. The molecule has 1 saturated heterocycles. The van der Waals surface area contributed by atoms with E-state index in [-0.39, 0.29) is 6.10 Å². The van der Waals surface area contributed by atoms with E-state index in [0.29, 0.717) is 5.92 Å². The minimum Gasteiger partial charge on any atom is -0.393 e. The summed E-state index contributed by atoms with van der Waals surface area (Å²) < 4.78 is 0. The maximum atomic E-state index is 9.82. The van der Waals surface area contributed by atoms with Crippen LogP contribution in [0.1, 0.15) is 32.1 Å². The molecule has 0 aromatic rings. The van der Waals surface area contributed by atoms with Gasteiger partial charge in [-0.25, -0.2) is 0 Å². The number of hydrogen-bond donors (Lipinski definition) is 2. The van der Waals surface area contributed by atoms with E-state index in [2.05, 4.69) is 17.1 Å². The average molecular weight is 229 g/mol. The van der Waals surface area contributed by atoms with Gasteiger partial charge in [-0.15, -0.1) is 0 Å². The zero-order valence-corrected chi connectivity index (χ0v) is 10.3. The highest BCUT2D eigenvalue weighted by Crippen LogP contribution is 2.25. The molecule has 1 heterocycles. The molecule has 2 fully saturated rings. The summed E-state index contributed by atoms with van der Waals surface area (Å²) in [7, 11) is 0. The fraction of sp³-hybridized carbons (Fsp3) is 1.00. The summed E-state index contributed by atoms with van der Waals surface area (Å²) in [4.78, 5) is 0. The van der Waals surface area contributed by atoms with E-state index in [1.807, 2.05) is 0 Å². The molecule has 0 radical (unpaired) electrons. The lowest BCUT2D eigenvalue weighted by Crippen LogP contribution is -2.35. The van der Waals surface area contributed by atoms with Crippen LogP contribution in [-0.2, 0) is 0 Å². The summed E-state index contributed by atoms with van der Waals surface area (Å²) in [5.74, 6) is 4.09. The second kappa shape index (κ2) is 6.12. The van der Waals surface area contributed by atoms with Crippen LogP contribution in [0.3, 0.4) is 0 Å². The van der Waals surface area contributed by atoms with Gasteiger partial charge in [-0.3, -0.25) is 0 Å². The van der Waals surface area contributed by atoms with Crippen molar-refractivity contribution >= 4 is 11.8 Å². The highest BCUT2D eigenvalue weighted by Gasteiger charge is 2.23. The second-order valence-corrected chi connectivity index (χ2v) is 6.15. The average Bonchev–Trinajstić information content (AvgIpc) is 2.74. The molecule has 1 aliphatic carbocycles. The van der Waals surface area contributed by atoms with Gasteiger partial charge in [-0.2, -0.15) is 11.8 Å². The van der Waals surface area contributed by atoms with Crippen LogP contribution in [0.25, 0.3) is 0 Å². The Kier molecular flexibility index (Phi) is 4.79. The Morgan fingerprint density at radius 3 is 2.73 bits per heavy atom. The first kappa shape index (κ1) is 11.7. The van der Waals surface area contributed by atoms with E-state index in [9.17, 15) is 5.11 Å². The lowest BCUT2D eigenvalue weighted by atomic mass is 9.86. The molecule has 3 atom stereocenters. The van der Waals surface area contributed by atoms with Gasteiger partial charge in [0.25, 0.3) is 0 Å². The summed E-state index contributed by atoms with van der Waals surface area (Å²) in [6.07, 6.45) is 6.10. The molecule has 15 heavy (non-hydrogen) atoms. The standard InChI is InChI=1S/C12H23NOS/c14-12-4-2-1-3-11(12)8-13-7-10-5-6-15-9-10/h10-14H,1-9H2. The van der Waals surface area contributed by atoms with Gasteiger partial charge in [0.2, 0.25) is 0 Å². The number of aliphatic hydroxyl groups is 1. The van der Waals surface area contributed by atoms with Gasteiger partial charge in [0.15, 0.2) is 0 Å². The second-order valence-electron chi connectivity index (χ2n) is 5.00. The molecule has 0 aromatic heterocycles. The van der Waals surface area contributed by atoms with Crippen LogP contribution in [0.15, 0.2) is 0 Å². The molecule has 2 nitrogen and oxygen atoms in total. The molecule has 0 spiro atoms. The molecule has 0 bridgehead atoms. The third-order valence-electron chi connectivity index (χ3n) is 3.73. The summed E-state index contributed by atoms with van der Waals surface area (Å²) in [5.41, 5.74) is 0. The topological polar surface area (TPSA) is 32.3 Å². The molecule has 3 unspecified atom stereocenters. The Balaban J connectivity index is 1.59. The summed E-state index contributed by atoms with van der Waals surface area (Å²) >= 11 is 2.08. The zero-order valence-electron chi connectivity index (χ0n) is 9.45. The first-order valence-electron chi connectivity index (χ1n) is 6.33. The summed E-state index contributed by atoms with van der Waals surface area (Å²) in [6, 6.07) is 0. The van der Waals surface area contributed by atoms with Crippen molar-refractivity contribution in [2.24, 2.45) is 11.8 Å². The van der Waals surface area contributed by atoms with E-state index in [1.165, 1.54) is 37.2 Å². The van der Waals surface area contributed by atoms with Gasteiger partial charge in [-0.05, 0) is 49.1 Å². The van der Waals surface area contributed by atoms with E-state index in [4.69, 9.17) is 0 Å². The molecular formula is C12H23NOS. The molecule has 1 saturated carbocycles. The third-order valence-corrected chi connectivity index (χ3v) is 4.96. The summed E-state index contributed by atoms with van der Waals surface area (Å²) in [5, 5.41) is 13.4.